The maximum atomic E-state index is 12.5. The highest BCUT2D eigenvalue weighted by Crippen LogP contribution is 2.23. The molecule has 0 unspecified atom stereocenters. The molecule has 1 aromatic heterocycles. The highest BCUT2D eigenvalue weighted by atomic mass is 35.5. The fourth-order valence-corrected chi connectivity index (χ4v) is 3.03. The predicted octanol–water partition coefficient (Wildman–Crippen LogP) is 2.46. The molecule has 0 saturated carbocycles. The first-order valence-electron chi connectivity index (χ1n) is 7.17. The SMILES string of the molecule is C=C/C(=C\C=C(/N)N(C)C)S(=O)(=O)Nc1nc2ccccc2nc1Cl. The number of rotatable bonds is 6. The second-order valence-electron chi connectivity index (χ2n) is 5.22. The quantitative estimate of drug-likeness (QED) is 0.747. The Morgan fingerprint density at radius 1 is 1.24 bits per heavy atom. The number of anilines is 1. The predicted molar refractivity (Wildman–Crippen MR) is 101 cm³/mol. The van der Waals surface area contributed by atoms with Crippen molar-refractivity contribution in [1.29, 1.82) is 0 Å². The van der Waals surface area contributed by atoms with Crippen LogP contribution >= 0.6 is 11.6 Å². The number of allylic oxidation sites excluding steroid dienone is 3. The van der Waals surface area contributed by atoms with Gasteiger partial charge >= 0.3 is 0 Å². The van der Waals surface area contributed by atoms with Gasteiger partial charge in [-0.05, 0) is 30.4 Å². The zero-order chi connectivity index (χ0) is 18.6. The van der Waals surface area contributed by atoms with E-state index in [0.717, 1.165) is 0 Å². The van der Waals surface area contributed by atoms with Crippen molar-refractivity contribution in [3.8, 4) is 0 Å². The molecule has 0 spiro atoms. The van der Waals surface area contributed by atoms with Gasteiger partial charge in [-0.15, -0.1) is 0 Å². The Hall–Kier alpha value is -2.58. The van der Waals surface area contributed by atoms with Crippen LogP contribution in [0.5, 0.6) is 0 Å². The summed E-state index contributed by atoms with van der Waals surface area (Å²) in [6.07, 6.45) is 4.00. The molecule has 132 valence electrons. The summed E-state index contributed by atoms with van der Waals surface area (Å²) in [4.78, 5) is 9.90. The van der Waals surface area contributed by atoms with E-state index in [1.807, 2.05) is 0 Å². The van der Waals surface area contributed by atoms with Crippen LogP contribution in [0.25, 0.3) is 11.0 Å². The summed E-state index contributed by atoms with van der Waals surface area (Å²) < 4.78 is 27.4. The maximum Gasteiger partial charge on any atom is 0.263 e. The van der Waals surface area contributed by atoms with Crippen LogP contribution in [0.15, 0.2) is 59.8 Å². The first-order valence-corrected chi connectivity index (χ1v) is 9.03. The summed E-state index contributed by atoms with van der Waals surface area (Å²) in [6.45, 7) is 3.52. The van der Waals surface area contributed by atoms with Crippen LogP contribution in [0.1, 0.15) is 0 Å². The van der Waals surface area contributed by atoms with Crippen molar-refractivity contribution in [3.63, 3.8) is 0 Å². The lowest BCUT2D eigenvalue weighted by Gasteiger charge is -2.12. The molecule has 9 heteroatoms. The van der Waals surface area contributed by atoms with Crippen LogP contribution in [0.3, 0.4) is 0 Å². The molecule has 0 bridgehead atoms. The molecular formula is C16H18ClN5O2S. The number of sulfonamides is 1. The number of benzene rings is 1. The molecule has 0 fully saturated rings. The Labute approximate surface area is 151 Å². The van der Waals surface area contributed by atoms with Crippen molar-refractivity contribution in [2.24, 2.45) is 5.73 Å². The fraction of sp³-hybridized carbons (Fsp3) is 0.125. The minimum Gasteiger partial charge on any atom is -0.385 e. The summed E-state index contributed by atoms with van der Waals surface area (Å²) in [6, 6.07) is 7.00. The molecule has 1 aromatic carbocycles. The number of halogens is 1. The smallest absolute Gasteiger partial charge is 0.263 e. The Morgan fingerprint density at radius 2 is 1.84 bits per heavy atom. The molecule has 0 saturated heterocycles. The largest absolute Gasteiger partial charge is 0.385 e. The molecule has 0 atom stereocenters. The second kappa shape index (κ2) is 7.54. The van der Waals surface area contributed by atoms with E-state index in [-0.39, 0.29) is 15.9 Å². The van der Waals surface area contributed by atoms with Crippen LogP contribution in [-0.2, 0) is 10.0 Å². The minimum atomic E-state index is -3.95. The summed E-state index contributed by atoms with van der Waals surface area (Å²) in [5, 5.41) is -0.0472. The van der Waals surface area contributed by atoms with Gasteiger partial charge in [0.2, 0.25) is 0 Å². The Kier molecular flexibility index (Phi) is 5.66. The van der Waals surface area contributed by atoms with Crippen molar-refractivity contribution >= 4 is 38.5 Å². The molecule has 7 nitrogen and oxygen atoms in total. The molecule has 2 aromatic rings. The van der Waals surface area contributed by atoms with Crippen LogP contribution in [0.2, 0.25) is 5.15 Å². The van der Waals surface area contributed by atoms with Crippen LogP contribution < -0.4 is 10.5 Å². The minimum absolute atomic E-state index is 0.0472. The standard InChI is InChI=1S/C16H18ClN5O2S/c1-4-11(9-10-14(18)22(2)3)25(23,24)21-16-15(17)19-12-7-5-6-8-13(12)20-16/h4-10H,1,18H2,2-3H3,(H,20,21)/b11-9+,14-10+. The fourth-order valence-electron chi connectivity index (χ4n) is 1.81. The Bertz CT molecular complexity index is 968. The zero-order valence-corrected chi connectivity index (χ0v) is 15.3. The number of aromatic nitrogens is 2. The van der Waals surface area contributed by atoms with Gasteiger partial charge in [-0.1, -0.05) is 30.3 Å². The second-order valence-corrected chi connectivity index (χ2v) is 7.26. The molecule has 1 heterocycles. The first kappa shape index (κ1) is 18.8. The van der Waals surface area contributed by atoms with E-state index in [0.29, 0.717) is 16.9 Å². The Balaban J connectivity index is 2.40. The van der Waals surface area contributed by atoms with Gasteiger partial charge in [0, 0.05) is 14.1 Å². The van der Waals surface area contributed by atoms with Crippen molar-refractivity contribution < 1.29 is 8.42 Å². The lowest BCUT2D eigenvalue weighted by atomic mass is 10.3. The van der Waals surface area contributed by atoms with Crippen molar-refractivity contribution in [2.45, 2.75) is 0 Å². The van der Waals surface area contributed by atoms with Gasteiger partial charge in [-0.3, -0.25) is 4.72 Å². The number of nitrogens with zero attached hydrogens (tertiary/aromatic N) is 3. The van der Waals surface area contributed by atoms with Gasteiger partial charge in [0.1, 0.15) is 0 Å². The van der Waals surface area contributed by atoms with Gasteiger partial charge < -0.3 is 10.6 Å². The van der Waals surface area contributed by atoms with Gasteiger partial charge in [0.05, 0.1) is 21.8 Å². The highest BCUT2D eigenvalue weighted by Gasteiger charge is 2.18. The number of nitrogens with one attached hydrogen (secondary N) is 1. The lowest BCUT2D eigenvalue weighted by molar-refractivity contribution is 0.506. The number of para-hydroxylation sites is 2. The molecular weight excluding hydrogens is 362 g/mol. The van der Waals surface area contributed by atoms with E-state index in [9.17, 15) is 8.42 Å². The highest BCUT2D eigenvalue weighted by molar-refractivity contribution is 7.96. The molecule has 0 aliphatic carbocycles. The van der Waals surface area contributed by atoms with Gasteiger partial charge in [-0.25, -0.2) is 18.4 Å². The van der Waals surface area contributed by atoms with Crippen molar-refractivity contribution in [2.75, 3.05) is 18.8 Å². The third kappa shape index (κ3) is 4.49. The third-order valence-electron chi connectivity index (χ3n) is 3.21. The summed E-state index contributed by atoms with van der Waals surface area (Å²) in [5.74, 6) is 0.329. The maximum absolute atomic E-state index is 12.5. The number of hydrogen-bond donors (Lipinski definition) is 2. The number of fused-ring (bicyclic) bond motifs is 1. The average molecular weight is 380 g/mol. The zero-order valence-electron chi connectivity index (χ0n) is 13.8. The monoisotopic (exact) mass is 379 g/mol. The molecule has 3 N–H and O–H groups in total. The molecule has 0 aliphatic heterocycles. The molecule has 0 radical (unpaired) electrons. The van der Waals surface area contributed by atoms with E-state index in [1.165, 1.54) is 18.2 Å². The first-order chi connectivity index (χ1) is 11.7. The van der Waals surface area contributed by atoms with Gasteiger partial charge in [0.15, 0.2) is 11.0 Å². The van der Waals surface area contributed by atoms with Crippen molar-refractivity contribution in [3.05, 3.63) is 65.0 Å². The van der Waals surface area contributed by atoms with Crippen molar-refractivity contribution in [1.82, 2.24) is 14.9 Å². The average Bonchev–Trinajstić information content (AvgIpc) is 2.55. The Morgan fingerprint density at radius 3 is 2.40 bits per heavy atom. The number of nitrogens with two attached hydrogens (primary N) is 1. The van der Waals surface area contributed by atoms with E-state index in [2.05, 4.69) is 21.3 Å². The van der Waals surface area contributed by atoms with Gasteiger partial charge in [-0.2, -0.15) is 0 Å². The molecule has 2 rings (SSSR count). The van der Waals surface area contributed by atoms with Crippen LogP contribution in [0, 0.1) is 0 Å². The van der Waals surface area contributed by atoms with Crippen LogP contribution in [-0.4, -0.2) is 37.4 Å². The van der Waals surface area contributed by atoms with E-state index < -0.39 is 10.0 Å². The third-order valence-corrected chi connectivity index (χ3v) is 4.85. The number of hydrogen-bond acceptors (Lipinski definition) is 6. The topological polar surface area (TPSA) is 101 Å². The molecule has 0 aliphatic rings. The summed E-state index contributed by atoms with van der Waals surface area (Å²) in [7, 11) is -0.469. The van der Waals surface area contributed by atoms with E-state index in [4.69, 9.17) is 17.3 Å². The summed E-state index contributed by atoms with van der Waals surface area (Å²) in [5.41, 5.74) is 6.84. The molecule has 25 heavy (non-hydrogen) atoms. The van der Waals surface area contributed by atoms with E-state index >= 15 is 0 Å². The molecule has 0 amide bonds. The van der Waals surface area contributed by atoms with Crippen LogP contribution in [0.4, 0.5) is 5.82 Å². The van der Waals surface area contributed by atoms with E-state index in [1.54, 1.807) is 43.3 Å². The lowest BCUT2D eigenvalue weighted by Crippen LogP contribution is -2.18. The van der Waals surface area contributed by atoms with Gasteiger partial charge in [0.25, 0.3) is 10.0 Å². The normalized spacial score (nSPS) is 12.9. The summed E-state index contributed by atoms with van der Waals surface area (Å²) >= 11 is 6.04.